The van der Waals surface area contributed by atoms with Gasteiger partial charge < -0.3 is 15.5 Å². The molecule has 2 heterocycles. The molecule has 1 aromatic heterocycles. The van der Waals surface area contributed by atoms with E-state index in [1.165, 1.54) is 6.42 Å². The van der Waals surface area contributed by atoms with Crippen molar-refractivity contribution < 1.29 is 0 Å². The maximum absolute atomic E-state index is 6.95. The van der Waals surface area contributed by atoms with E-state index >= 15 is 0 Å². The highest BCUT2D eigenvalue weighted by Crippen LogP contribution is 2.30. The van der Waals surface area contributed by atoms with Crippen LogP contribution in [0.4, 0.5) is 17.3 Å². The molecule has 0 aromatic carbocycles. The van der Waals surface area contributed by atoms with Crippen LogP contribution in [-0.2, 0) is 0 Å². The molecule has 0 bridgehead atoms. The normalized spacial score (nSPS) is 14.8. The lowest BCUT2D eigenvalue weighted by Crippen LogP contribution is -2.37. The van der Waals surface area contributed by atoms with E-state index in [9.17, 15) is 0 Å². The SMILES string of the molecule is [C-]#[N+]c1nc(N)ccc1N1CCC1. The van der Waals surface area contributed by atoms with Crippen LogP contribution in [0.1, 0.15) is 6.42 Å². The van der Waals surface area contributed by atoms with Gasteiger partial charge in [0.2, 0.25) is 5.82 Å². The van der Waals surface area contributed by atoms with Gasteiger partial charge in [0, 0.05) is 19.2 Å². The predicted molar refractivity (Wildman–Crippen MR) is 51.7 cm³/mol. The van der Waals surface area contributed by atoms with Crippen molar-refractivity contribution in [1.82, 2.24) is 4.98 Å². The number of nitrogens with two attached hydrogens (primary N) is 1. The van der Waals surface area contributed by atoms with E-state index in [-0.39, 0.29) is 0 Å². The van der Waals surface area contributed by atoms with Gasteiger partial charge in [0.15, 0.2) is 0 Å². The largest absolute Gasteiger partial charge is 0.379 e. The van der Waals surface area contributed by atoms with Gasteiger partial charge in [0.25, 0.3) is 5.82 Å². The number of rotatable bonds is 1. The van der Waals surface area contributed by atoms with Crippen LogP contribution in [0.15, 0.2) is 12.1 Å². The summed E-state index contributed by atoms with van der Waals surface area (Å²) in [6.45, 7) is 9.00. The predicted octanol–water partition coefficient (Wildman–Crippen LogP) is 1.42. The summed E-state index contributed by atoms with van der Waals surface area (Å²) in [7, 11) is 0. The first-order chi connectivity index (χ1) is 6.31. The summed E-state index contributed by atoms with van der Waals surface area (Å²) in [6.07, 6.45) is 1.20. The van der Waals surface area contributed by atoms with E-state index in [4.69, 9.17) is 12.3 Å². The van der Waals surface area contributed by atoms with Crippen LogP contribution in [0.25, 0.3) is 4.85 Å². The van der Waals surface area contributed by atoms with Crippen LogP contribution in [0, 0.1) is 6.57 Å². The smallest absolute Gasteiger partial charge is 0.294 e. The summed E-state index contributed by atoms with van der Waals surface area (Å²) in [5.41, 5.74) is 6.40. The minimum absolute atomic E-state index is 0.412. The first kappa shape index (κ1) is 7.87. The molecule has 4 nitrogen and oxygen atoms in total. The van der Waals surface area contributed by atoms with Crippen LogP contribution >= 0.6 is 0 Å². The maximum atomic E-state index is 6.95. The number of nitrogen functional groups attached to an aromatic ring is 1. The van der Waals surface area contributed by atoms with E-state index in [0.717, 1.165) is 18.8 Å². The topological polar surface area (TPSA) is 46.5 Å². The van der Waals surface area contributed by atoms with Gasteiger partial charge in [-0.15, -0.1) is 4.98 Å². The summed E-state index contributed by atoms with van der Waals surface area (Å²) >= 11 is 0. The Labute approximate surface area is 76.8 Å². The highest BCUT2D eigenvalue weighted by atomic mass is 15.2. The first-order valence-corrected chi connectivity index (χ1v) is 4.20. The lowest BCUT2D eigenvalue weighted by Gasteiger charge is -2.33. The lowest BCUT2D eigenvalue weighted by molar-refractivity contribution is 0.618. The number of hydrogen-bond acceptors (Lipinski definition) is 3. The molecule has 4 heteroatoms. The van der Waals surface area contributed by atoms with Crippen molar-refractivity contribution in [1.29, 1.82) is 0 Å². The van der Waals surface area contributed by atoms with E-state index in [1.54, 1.807) is 6.07 Å². The van der Waals surface area contributed by atoms with Gasteiger partial charge in [-0.3, -0.25) is 0 Å². The Morgan fingerprint density at radius 3 is 2.77 bits per heavy atom. The lowest BCUT2D eigenvalue weighted by atomic mass is 10.2. The molecular formula is C9H10N4. The van der Waals surface area contributed by atoms with Crippen LogP contribution in [0.2, 0.25) is 0 Å². The Bertz CT molecular complexity index is 362. The average Bonchev–Trinajstić information content (AvgIpc) is 2.05. The molecule has 1 saturated heterocycles. The van der Waals surface area contributed by atoms with Gasteiger partial charge in [0.1, 0.15) is 0 Å². The summed E-state index contributed by atoms with van der Waals surface area (Å²) < 4.78 is 0. The van der Waals surface area contributed by atoms with E-state index in [2.05, 4.69) is 14.7 Å². The summed E-state index contributed by atoms with van der Waals surface area (Å²) in [6, 6.07) is 3.61. The molecule has 0 amide bonds. The van der Waals surface area contributed by atoms with Crippen molar-refractivity contribution in [3.8, 4) is 0 Å². The van der Waals surface area contributed by atoms with E-state index < -0.39 is 0 Å². The maximum Gasteiger partial charge on any atom is 0.294 e. The number of pyridine rings is 1. The van der Waals surface area contributed by atoms with Crippen molar-refractivity contribution in [3.05, 3.63) is 23.5 Å². The molecule has 0 atom stereocenters. The highest BCUT2D eigenvalue weighted by molar-refractivity contribution is 5.69. The standard InChI is InChI=1S/C9H10N4/c1-11-9-7(13-5-2-6-13)3-4-8(10)12-9/h3-4H,2,5-6H2,(H2,10,12). The molecular weight excluding hydrogens is 164 g/mol. The molecule has 0 radical (unpaired) electrons. The molecule has 2 N–H and O–H groups in total. The molecule has 2 rings (SSSR count). The fraction of sp³-hybridized carbons (Fsp3) is 0.333. The Hall–Kier alpha value is -1.76. The van der Waals surface area contributed by atoms with Gasteiger partial charge in [-0.2, -0.15) is 0 Å². The van der Waals surface area contributed by atoms with Gasteiger partial charge in [-0.25, -0.2) is 0 Å². The Kier molecular flexibility index (Phi) is 1.78. The minimum Gasteiger partial charge on any atom is -0.379 e. The van der Waals surface area contributed by atoms with Crippen molar-refractivity contribution in [2.45, 2.75) is 6.42 Å². The molecule has 0 saturated carbocycles. The fourth-order valence-electron chi connectivity index (χ4n) is 1.34. The average molecular weight is 174 g/mol. The molecule has 1 fully saturated rings. The van der Waals surface area contributed by atoms with Crippen molar-refractivity contribution >= 4 is 17.3 Å². The fourth-order valence-corrected chi connectivity index (χ4v) is 1.34. The summed E-state index contributed by atoms with van der Waals surface area (Å²) in [5, 5.41) is 0. The third-order valence-corrected chi connectivity index (χ3v) is 2.18. The van der Waals surface area contributed by atoms with Crippen molar-refractivity contribution in [2.24, 2.45) is 0 Å². The van der Waals surface area contributed by atoms with Crippen LogP contribution in [0.3, 0.4) is 0 Å². The quantitative estimate of drug-likeness (QED) is 0.655. The first-order valence-electron chi connectivity index (χ1n) is 4.20. The second-order valence-electron chi connectivity index (χ2n) is 3.03. The molecule has 1 aromatic rings. The monoisotopic (exact) mass is 174 g/mol. The van der Waals surface area contributed by atoms with Crippen molar-refractivity contribution in [2.75, 3.05) is 23.7 Å². The van der Waals surface area contributed by atoms with Crippen LogP contribution in [0.5, 0.6) is 0 Å². The number of hydrogen-bond donors (Lipinski definition) is 1. The number of aromatic nitrogens is 1. The Balaban J connectivity index is 2.39. The van der Waals surface area contributed by atoms with E-state index in [0.29, 0.717) is 11.6 Å². The van der Waals surface area contributed by atoms with Gasteiger partial charge in [-0.05, 0) is 12.5 Å². The highest BCUT2D eigenvalue weighted by Gasteiger charge is 2.18. The molecule has 1 aliphatic rings. The van der Waals surface area contributed by atoms with E-state index in [1.807, 2.05) is 6.07 Å². The molecule has 0 aliphatic carbocycles. The Morgan fingerprint density at radius 1 is 1.46 bits per heavy atom. The zero-order chi connectivity index (χ0) is 9.26. The number of nitrogens with zero attached hydrogens (tertiary/aromatic N) is 3. The Morgan fingerprint density at radius 2 is 2.23 bits per heavy atom. The van der Waals surface area contributed by atoms with Gasteiger partial charge in [-0.1, -0.05) is 6.57 Å². The number of anilines is 2. The van der Waals surface area contributed by atoms with Crippen LogP contribution in [-0.4, -0.2) is 18.1 Å². The second kappa shape index (κ2) is 2.94. The third kappa shape index (κ3) is 1.29. The molecule has 13 heavy (non-hydrogen) atoms. The minimum atomic E-state index is 0.412. The van der Waals surface area contributed by atoms with Gasteiger partial charge in [0.05, 0.1) is 5.69 Å². The van der Waals surface area contributed by atoms with Crippen molar-refractivity contribution in [3.63, 3.8) is 0 Å². The third-order valence-electron chi connectivity index (χ3n) is 2.18. The van der Waals surface area contributed by atoms with Crippen LogP contribution < -0.4 is 10.6 Å². The zero-order valence-corrected chi connectivity index (χ0v) is 7.20. The summed E-state index contributed by atoms with van der Waals surface area (Å²) in [5.74, 6) is 0.829. The zero-order valence-electron chi connectivity index (χ0n) is 7.20. The molecule has 0 spiro atoms. The molecule has 66 valence electrons. The molecule has 1 aliphatic heterocycles. The summed E-state index contributed by atoms with van der Waals surface area (Å²) in [4.78, 5) is 9.47. The molecule has 0 unspecified atom stereocenters. The second-order valence-corrected chi connectivity index (χ2v) is 3.03. The van der Waals surface area contributed by atoms with Gasteiger partial charge >= 0.3 is 0 Å².